The second-order valence-corrected chi connectivity index (χ2v) is 4.59. The molecule has 0 saturated carbocycles. The van der Waals surface area contributed by atoms with Gasteiger partial charge < -0.3 is 4.90 Å². The van der Waals surface area contributed by atoms with Gasteiger partial charge in [-0.25, -0.2) is 0 Å². The van der Waals surface area contributed by atoms with Crippen LogP contribution in [-0.2, 0) is 0 Å². The van der Waals surface area contributed by atoms with Crippen LogP contribution in [0.5, 0.6) is 0 Å². The van der Waals surface area contributed by atoms with Crippen LogP contribution in [0, 0.1) is 0 Å². The van der Waals surface area contributed by atoms with E-state index < -0.39 is 0 Å². The summed E-state index contributed by atoms with van der Waals surface area (Å²) in [4.78, 5) is 13.8. The van der Waals surface area contributed by atoms with Gasteiger partial charge >= 0.3 is 0 Å². The first-order valence-electron chi connectivity index (χ1n) is 5.38. The molecule has 0 saturated heterocycles. The summed E-state index contributed by atoms with van der Waals surface area (Å²) in [6, 6.07) is 14.4. The number of anilines is 1. The maximum atomic E-state index is 12.3. The molecule has 4 heteroatoms. The summed E-state index contributed by atoms with van der Waals surface area (Å²) in [5, 5.41) is 0.663. The quantitative estimate of drug-likeness (QED) is 0.804. The third-order valence-corrected chi connectivity index (χ3v) is 3.45. The first kappa shape index (κ1) is 12.9. The number of carbonyl (C=O) groups excluding carboxylic acids is 1. The highest BCUT2D eigenvalue weighted by Crippen LogP contribution is 2.27. The molecule has 2 rings (SSSR count). The highest BCUT2D eigenvalue weighted by Gasteiger charge is 2.17. The lowest BCUT2D eigenvalue weighted by atomic mass is 10.2. The lowest BCUT2D eigenvalue weighted by molar-refractivity contribution is 0.0993. The molecule has 0 atom stereocenters. The molecular formula is C14H11Cl2NO. The van der Waals surface area contributed by atoms with Crippen LogP contribution in [0.3, 0.4) is 0 Å². The van der Waals surface area contributed by atoms with E-state index in [-0.39, 0.29) is 10.9 Å². The van der Waals surface area contributed by atoms with Crippen LogP contribution < -0.4 is 4.90 Å². The lowest BCUT2D eigenvalue weighted by Crippen LogP contribution is -2.26. The van der Waals surface area contributed by atoms with E-state index in [1.54, 1.807) is 25.2 Å². The second-order valence-electron chi connectivity index (χ2n) is 3.80. The second kappa shape index (κ2) is 5.42. The molecule has 0 N–H and O–H groups in total. The molecule has 1 amide bonds. The van der Waals surface area contributed by atoms with Gasteiger partial charge in [-0.15, -0.1) is 0 Å². The number of carbonyl (C=O) groups is 1. The third-order valence-electron chi connectivity index (χ3n) is 2.63. The summed E-state index contributed by atoms with van der Waals surface area (Å²) in [6.07, 6.45) is 0. The number of para-hydroxylation sites is 1. The number of amides is 1. The SMILES string of the molecule is CN(C(=O)c1cccc(Cl)c1Cl)c1ccccc1. The molecule has 0 spiro atoms. The average molecular weight is 280 g/mol. The first-order valence-corrected chi connectivity index (χ1v) is 6.14. The van der Waals surface area contributed by atoms with E-state index in [0.29, 0.717) is 10.6 Å². The highest BCUT2D eigenvalue weighted by molar-refractivity contribution is 6.44. The van der Waals surface area contributed by atoms with Gasteiger partial charge in [-0.2, -0.15) is 0 Å². The predicted molar refractivity (Wildman–Crippen MR) is 75.6 cm³/mol. The molecule has 18 heavy (non-hydrogen) atoms. The van der Waals surface area contributed by atoms with Crippen molar-refractivity contribution in [1.29, 1.82) is 0 Å². The molecule has 2 aromatic rings. The van der Waals surface area contributed by atoms with E-state index in [4.69, 9.17) is 23.2 Å². The lowest BCUT2D eigenvalue weighted by Gasteiger charge is -2.18. The minimum Gasteiger partial charge on any atom is -0.311 e. The standard InChI is InChI=1S/C14H11Cl2NO/c1-17(10-6-3-2-4-7-10)14(18)11-8-5-9-12(15)13(11)16/h2-9H,1H3. The Hall–Kier alpha value is -1.51. The normalized spacial score (nSPS) is 10.2. The molecule has 0 radical (unpaired) electrons. The number of rotatable bonds is 2. The number of nitrogens with zero attached hydrogens (tertiary/aromatic N) is 1. The fraction of sp³-hybridized carbons (Fsp3) is 0.0714. The molecular weight excluding hydrogens is 269 g/mol. The Morgan fingerprint density at radius 3 is 2.33 bits per heavy atom. The third kappa shape index (κ3) is 2.50. The number of hydrogen-bond acceptors (Lipinski definition) is 1. The van der Waals surface area contributed by atoms with Crippen LogP contribution >= 0.6 is 23.2 Å². The Morgan fingerprint density at radius 2 is 1.67 bits per heavy atom. The van der Waals surface area contributed by atoms with E-state index in [9.17, 15) is 4.79 Å². The minimum absolute atomic E-state index is 0.186. The van der Waals surface area contributed by atoms with Gasteiger partial charge in [0.05, 0.1) is 15.6 Å². The molecule has 0 heterocycles. The van der Waals surface area contributed by atoms with Crippen molar-refractivity contribution in [3.8, 4) is 0 Å². The average Bonchev–Trinajstić information content (AvgIpc) is 2.41. The van der Waals surface area contributed by atoms with Gasteiger partial charge in [0.15, 0.2) is 0 Å². The number of halogens is 2. The van der Waals surface area contributed by atoms with E-state index in [0.717, 1.165) is 5.69 Å². The number of benzene rings is 2. The Morgan fingerprint density at radius 1 is 1.00 bits per heavy atom. The fourth-order valence-electron chi connectivity index (χ4n) is 1.62. The number of hydrogen-bond donors (Lipinski definition) is 0. The van der Waals surface area contributed by atoms with Crippen molar-refractivity contribution in [1.82, 2.24) is 0 Å². The van der Waals surface area contributed by atoms with Crippen molar-refractivity contribution >= 4 is 34.8 Å². The minimum atomic E-state index is -0.186. The molecule has 0 aliphatic rings. The molecule has 0 aromatic heterocycles. The highest BCUT2D eigenvalue weighted by atomic mass is 35.5. The zero-order valence-corrected chi connectivity index (χ0v) is 11.2. The van der Waals surface area contributed by atoms with Crippen molar-refractivity contribution in [3.05, 3.63) is 64.1 Å². The summed E-state index contributed by atoms with van der Waals surface area (Å²) < 4.78 is 0. The first-order chi connectivity index (χ1) is 8.61. The molecule has 2 nitrogen and oxygen atoms in total. The molecule has 92 valence electrons. The van der Waals surface area contributed by atoms with Gasteiger partial charge in [-0.1, -0.05) is 47.5 Å². The van der Waals surface area contributed by atoms with Gasteiger partial charge in [0.25, 0.3) is 5.91 Å². The molecule has 0 aliphatic heterocycles. The van der Waals surface area contributed by atoms with Crippen molar-refractivity contribution in [3.63, 3.8) is 0 Å². The summed E-state index contributed by atoms with van der Waals surface area (Å²) in [5.41, 5.74) is 1.20. The van der Waals surface area contributed by atoms with Crippen molar-refractivity contribution in [2.24, 2.45) is 0 Å². The van der Waals surface area contributed by atoms with Crippen LogP contribution in [0.1, 0.15) is 10.4 Å². The van der Waals surface area contributed by atoms with E-state index in [1.165, 1.54) is 4.90 Å². The van der Waals surface area contributed by atoms with Crippen LogP contribution in [0.25, 0.3) is 0 Å². The molecule has 0 fully saturated rings. The van der Waals surface area contributed by atoms with Crippen LogP contribution in [-0.4, -0.2) is 13.0 Å². The Labute approximate surface area is 116 Å². The Kier molecular flexibility index (Phi) is 3.90. The van der Waals surface area contributed by atoms with Crippen LogP contribution in [0.15, 0.2) is 48.5 Å². The molecule has 0 bridgehead atoms. The van der Waals surface area contributed by atoms with Crippen molar-refractivity contribution in [2.75, 3.05) is 11.9 Å². The topological polar surface area (TPSA) is 20.3 Å². The van der Waals surface area contributed by atoms with Gasteiger partial charge in [0.1, 0.15) is 0 Å². The van der Waals surface area contributed by atoms with E-state index in [2.05, 4.69) is 0 Å². The summed E-state index contributed by atoms with van der Waals surface area (Å²) in [6.45, 7) is 0. The Bertz CT molecular complexity index is 569. The summed E-state index contributed by atoms with van der Waals surface area (Å²) in [5.74, 6) is -0.186. The maximum absolute atomic E-state index is 12.3. The molecule has 2 aromatic carbocycles. The maximum Gasteiger partial charge on any atom is 0.259 e. The molecule has 0 aliphatic carbocycles. The van der Waals surface area contributed by atoms with Gasteiger partial charge in [0.2, 0.25) is 0 Å². The zero-order chi connectivity index (χ0) is 13.1. The van der Waals surface area contributed by atoms with Crippen molar-refractivity contribution in [2.45, 2.75) is 0 Å². The van der Waals surface area contributed by atoms with Gasteiger partial charge in [0, 0.05) is 12.7 Å². The van der Waals surface area contributed by atoms with E-state index in [1.807, 2.05) is 30.3 Å². The zero-order valence-electron chi connectivity index (χ0n) is 9.73. The monoisotopic (exact) mass is 279 g/mol. The largest absolute Gasteiger partial charge is 0.311 e. The molecule has 0 unspecified atom stereocenters. The smallest absolute Gasteiger partial charge is 0.259 e. The summed E-state index contributed by atoms with van der Waals surface area (Å²) in [7, 11) is 1.70. The van der Waals surface area contributed by atoms with E-state index >= 15 is 0 Å². The van der Waals surface area contributed by atoms with Crippen molar-refractivity contribution < 1.29 is 4.79 Å². The van der Waals surface area contributed by atoms with Gasteiger partial charge in [-0.3, -0.25) is 4.79 Å². The fourth-order valence-corrected chi connectivity index (χ4v) is 2.00. The van der Waals surface area contributed by atoms with Gasteiger partial charge in [-0.05, 0) is 24.3 Å². The summed E-state index contributed by atoms with van der Waals surface area (Å²) >= 11 is 11.9. The Balaban J connectivity index is 2.35. The van der Waals surface area contributed by atoms with Crippen LogP contribution in [0.4, 0.5) is 5.69 Å². The predicted octanol–water partition coefficient (Wildman–Crippen LogP) is 4.27. The van der Waals surface area contributed by atoms with Crippen LogP contribution in [0.2, 0.25) is 10.0 Å².